The SMILES string of the molecule is O=C1N=CN=C2C1N=CN2[C@@H]1O[C@H](COP(=O)(O)O)[C@@H](O)[C@H]1O.[Na]. The molecule has 3 aliphatic heterocycles. The summed E-state index contributed by atoms with van der Waals surface area (Å²) >= 11 is 0. The van der Waals surface area contributed by atoms with E-state index in [2.05, 4.69) is 19.5 Å². The summed E-state index contributed by atoms with van der Waals surface area (Å²) in [4.78, 5) is 41.5. The first-order valence-corrected chi connectivity index (χ1v) is 7.98. The molecule has 1 amide bonds. The zero-order valence-electron chi connectivity index (χ0n) is 12.4. The van der Waals surface area contributed by atoms with Crippen LogP contribution in [0.3, 0.4) is 0 Å². The maximum atomic E-state index is 11.6. The molecule has 1 fully saturated rings. The van der Waals surface area contributed by atoms with Crippen LogP contribution >= 0.6 is 7.82 Å². The molecule has 3 heterocycles. The van der Waals surface area contributed by atoms with Crippen molar-refractivity contribution in [2.24, 2.45) is 15.0 Å². The molecule has 127 valence electrons. The number of aliphatic imine (C=N–C) groups is 3. The first kappa shape index (κ1) is 19.8. The number of amides is 1. The van der Waals surface area contributed by atoms with Gasteiger partial charge in [0.25, 0.3) is 5.91 Å². The van der Waals surface area contributed by atoms with Crippen LogP contribution in [0.1, 0.15) is 0 Å². The molecule has 3 aliphatic rings. The van der Waals surface area contributed by atoms with Crippen LogP contribution in [-0.2, 0) is 18.6 Å². The molecule has 24 heavy (non-hydrogen) atoms. The van der Waals surface area contributed by atoms with Crippen LogP contribution in [0.5, 0.6) is 0 Å². The largest absolute Gasteiger partial charge is 0.469 e. The first-order valence-electron chi connectivity index (χ1n) is 6.45. The van der Waals surface area contributed by atoms with Crippen molar-refractivity contribution >= 4 is 61.8 Å². The second kappa shape index (κ2) is 7.38. The number of carbonyl (C=O) groups excluding carboxylic acids is 1. The predicted molar refractivity (Wildman–Crippen MR) is 79.5 cm³/mol. The summed E-state index contributed by atoms with van der Waals surface area (Å²) in [6, 6.07) is -0.932. The van der Waals surface area contributed by atoms with E-state index in [-0.39, 0.29) is 35.4 Å². The van der Waals surface area contributed by atoms with Gasteiger partial charge in [0.05, 0.1) is 12.9 Å². The normalized spacial score (nSPS) is 35.0. The molecule has 0 aromatic rings. The first-order chi connectivity index (χ1) is 10.8. The Kier molecular flexibility index (Phi) is 6.08. The number of aliphatic hydroxyl groups excluding tert-OH is 2. The summed E-state index contributed by atoms with van der Waals surface area (Å²) in [5.41, 5.74) is 0. The number of hydrogen-bond acceptors (Lipinski definition) is 9. The molecule has 0 spiro atoms. The van der Waals surface area contributed by atoms with Gasteiger partial charge in [-0.2, -0.15) is 4.99 Å². The molecule has 1 unspecified atom stereocenters. The van der Waals surface area contributed by atoms with E-state index < -0.39 is 50.9 Å². The number of phosphoric ester groups is 1. The van der Waals surface area contributed by atoms with Gasteiger partial charge in [0.15, 0.2) is 12.3 Å². The Morgan fingerprint density at radius 2 is 2.04 bits per heavy atom. The molecule has 0 aromatic carbocycles. The number of amidine groups is 1. The number of rotatable bonds is 4. The Morgan fingerprint density at radius 3 is 2.71 bits per heavy atom. The molecule has 14 heteroatoms. The van der Waals surface area contributed by atoms with Gasteiger partial charge in [0.2, 0.25) is 0 Å². The summed E-state index contributed by atoms with van der Waals surface area (Å²) in [6.07, 6.45) is -2.93. The van der Waals surface area contributed by atoms with Gasteiger partial charge in [-0.25, -0.2) is 9.56 Å². The molecule has 0 aliphatic carbocycles. The Hall–Kier alpha value is -0.530. The van der Waals surface area contributed by atoms with Crippen molar-refractivity contribution in [2.45, 2.75) is 30.6 Å². The predicted octanol–water partition coefficient (Wildman–Crippen LogP) is -3.16. The Bertz CT molecular complexity index is 651. The van der Waals surface area contributed by atoms with Crippen LogP contribution < -0.4 is 0 Å². The molecule has 1 radical (unpaired) electrons. The summed E-state index contributed by atoms with van der Waals surface area (Å²) in [6.45, 7) is -0.625. The van der Waals surface area contributed by atoms with Crippen LogP contribution in [0.25, 0.3) is 0 Å². The van der Waals surface area contributed by atoms with Crippen LogP contribution in [0.4, 0.5) is 0 Å². The van der Waals surface area contributed by atoms with E-state index in [1.54, 1.807) is 0 Å². The van der Waals surface area contributed by atoms with Gasteiger partial charge in [0.1, 0.15) is 30.5 Å². The van der Waals surface area contributed by atoms with Crippen molar-refractivity contribution in [3.63, 3.8) is 0 Å². The Morgan fingerprint density at radius 1 is 1.33 bits per heavy atom. The van der Waals surface area contributed by atoms with Crippen LogP contribution in [0, 0.1) is 0 Å². The maximum Gasteiger partial charge on any atom is 0.469 e. The average molecular weight is 371 g/mol. The van der Waals surface area contributed by atoms with Crippen molar-refractivity contribution in [2.75, 3.05) is 6.61 Å². The minimum atomic E-state index is -4.74. The molecular formula is C10H13N4NaO8P. The Balaban J connectivity index is 0.00000208. The molecule has 12 nitrogen and oxygen atoms in total. The molecule has 1 saturated heterocycles. The summed E-state index contributed by atoms with van der Waals surface area (Å²) in [7, 11) is -4.74. The second-order valence-corrected chi connectivity index (χ2v) is 6.22. The molecule has 0 bridgehead atoms. The smallest absolute Gasteiger partial charge is 0.387 e. The maximum absolute atomic E-state index is 11.6. The zero-order chi connectivity index (χ0) is 16.8. The van der Waals surface area contributed by atoms with E-state index in [0.29, 0.717) is 0 Å². The van der Waals surface area contributed by atoms with Gasteiger partial charge in [-0.15, -0.1) is 0 Å². The monoisotopic (exact) mass is 371 g/mol. The van der Waals surface area contributed by atoms with E-state index in [9.17, 15) is 19.6 Å². The van der Waals surface area contributed by atoms with E-state index in [1.807, 2.05) is 0 Å². The molecule has 0 saturated carbocycles. The van der Waals surface area contributed by atoms with Crippen LogP contribution in [0.2, 0.25) is 0 Å². The summed E-state index contributed by atoms with van der Waals surface area (Å²) in [5.74, 6) is -0.346. The average Bonchev–Trinajstić information content (AvgIpc) is 3.01. The van der Waals surface area contributed by atoms with Gasteiger partial charge in [-0.05, 0) is 0 Å². The van der Waals surface area contributed by atoms with Crippen molar-refractivity contribution in [1.29, 1.82) is 0 Å². The number of aliphatic hydroxyl groups is 2. The second-order valence-electron chi connectivity index (χ2n) is 4.98. The van der Waals surface area contributed by atoms with Gasteiger partial charge in [-0.3, -0.25) is 19.2 Å². The standard InChI is InChI=1S/C10H13N4O8P.Na/c15-6-4(1-21-23(18,19)20)22-10(7(6)16)14-3-13-5-8(14)11-2-12-9(5)17;/h2-7,10,15-16H,1H2,(H2,18,19,20);/t4-,5?,6-,7-,10-;/m1./s1. The molecule has 4 N–H and O–H groups in total. The van der Waals surface area contributed by atoms with E-state index in [0.717, 1.165) is 6.34 Å². The number of ether oxygens (including phenoxy) is 1. The molecular weight excluding hydrogens is 358 g/mol. The Labute approximate surface area is 157 Å². The fraction of sp³-hybridized carbons (Fsp3) is 0.600. The number of hydrogen-bond donors (Lipinski definition) is 4. The van der Waals surface area contributed by atoms with Crippen molar-refractivity contribution < 1.29 is 38.6 Å². The van der Waals surface area contributed by atoms with Crippen LogP contribution in [-0.4, -0.2) is 116 Å². The van der Waals surface area contributed by atoms with Crippen molar-refractivity contribution in [1.82, 2.24) is 4.90 Å². The fourth-order valence-corrected chi connectivity index (χ4v) is 2.74. The number of fused-ring (bicyclic) bond motifs is 1. The molecule has 3 rings (SSSR count). The van der Waals surface area contributed by atoms with Crippen molar-refractivity contribution in [3.8, 4) is 0 Å². The van der Waals surface area contributed by atoms with Gasteiger partial charge in [-0.1, -0.05) is 0 Å². The third-order valence-electron chi connectivity index (χ3n) is 3.48. The topological polar surface area (TPSA) is 174 Å². The van der Waals surface area contributed by atoms with E-state index >= 15 is 0 Å². The molecule has 5 atom stereocenters. The van der Waals surface area contributed by atoms with Gasteiger partial charge in [0, 0.05) is 29.6 Å². The summed E-state index contributed by atoms with van der Waals surface area (Å²) in [5, 5.41) is 20.0. The molecule has 0 aromatic heterocycles. The zero-order valence-corrected chi connectivity index (χ0v) is 15.3. The van der Waals surface area contributed by atoms with Crippen molar-refractivity contribution in [3.05, 3.63) is 0 Å². The third kappa shape index (κ3) is 3.83. The number of carbonyl (C=O) groups is 1. The minimum absolute atomic E-state index is 0. The number of phosphoric acid groups is 1. The fourth-order valence-electron chi connectivity index (χ4n) is 2.40. The van der Waals surface area contributed by atoms with E-state index in [1.165, 1.54) is 11.2 Å². The number of nitrogens with zero attached hydrogens (tertiary/aromatic N) is 4. The van der Waals surface area contributed by atoms with Crippen LogP contribution in [0.15, 0.2) is 15.0 Å². The van der Waals surface area contributed by atoms with Gasteiger partial charge < -0.3 is 24.7 Å². The van der Waals surface area contributed by atoms with E-state index in [4.69, 9.17) is 14.5 Å². The third-order valence-corrected chi connectivity index (χ3v) is 3.96. The minimum Gasteiger partial charge on any atom is -0.387 e. The van der Waals surface area contributed by atoms with Gasteiger partial charge >= 0.3 is 7.82 Å². The quantitative estimate of drug-likeness (QED) is 0.294. The summed E-state index contributed by atoms with van der Waals surface area (Å²) < 4.78 is 20.4.